The van der Waals surface area contributed by atoms with E-state index < -0.39 is 29.1 Å². The molecule has 2 rings (SSSR count). The Morgan fingerprint density at radius 2 is 1.62 bits per heavy atom. The lowest BCUT2D eigenvalue weighted by Crippen LogP contribution is -2.58. The van der Waals surface area contributed by atoms with E-state index in [4.69, 9.17) is 0 Å². The fourth-order valence-corrected chi connectivity index (χ4v) is 2.86. The van der Waals surface area contributed by atoms with E-state index in [1.54, 1.807) is 0 Å². The second kappa shape index (κ2) is 10.0. The molecule has 1 N–H and O–H groups in total. The van der Waals surface area contributed by atoms with Crippen LogP contribution < -0.4 is 5.32 Å². The van der Waals surface area contributed by atoms with Crippen molar-refractivity contribution in [3.8, 4) is 0 Å². The summed E-state index contributed by atoms with van der Waals surface area (Å²) in [5, 5.41) is 2.58. The minimum atomic E-state index is -1.81. The zero-order valence-electron chi connectivity index (χ0n) is 17.7. The number of rotatable bonds is 4. The van der Waals surface area contributed by atoms with E-state index in [-0.39, 0.29) is 24.5 Å². The molecule has 6 heteroatoms. The van der Waals surface area contributed by atoms with Gasteiger partial charge in [-0.1, -0.05) is 48.5 Å². The maximum absolute atomic E-state index is 13.9. The van der Waals surface area contributed by atoms with E-state index in [1.165, 1.54) is 11.8 Å². The number of Topliss-reactive ketones (excluding diaryl/α,β-unsaturated/α-hetero) is 1. The van der Waals surface area contributed by atoms with Crippen molar-refractivity contribution in [3.63, 3.8) is 0 Å². The molecule has 1 saturated heterocycles. The average Bonchev–Trinajstić information content (AvgIpc) is 3.15. The van der Waals surface area contributed by atoms with E-state index in [0.29, 0.717) is 13.0 Å². The summed E-state index contributed by atoms with van der Waals surface area (Å²) in [5.41, 5.74) is -2.36. The van der Waals surface area contributed by atoms with Gasteiger partial charge in [-0.05, 0) is 38.0 Å². The smallest absolute Gasteiger partial charge is 0.258 e. The molecule has 0 aromatic carbocycles. The van der Waals surface area contributed by atoms with Gasteiger partial charge in [-0.3, -0.25) is 14.4 Å². The molecule has 152 valence electrons. The SMILES string of the molecule is CC.CC.CC(=O)C1CCCN1C(=O)C(NC(=O)C1(F)CC1)C(C)(C)C. The zero-order valence-corrected chi connectivity index (χ0v) is 17.7. The van der Waals surface area contributed by atoms with Gasteiger partial charge in [-0.15, -0.1) is 0 Å². The average molecular weight is 373 g/mol. The van der Waals surface area contributed by atoms with Gasteiger partial charge in [-0.25, -0.2) is 4.39 Å². The number of halogens is 1. The summed E-state index contributed by atoms with van der Waals surface area (Å²) in [4.78, 5) is 38.0. The first-order valence-corrected chi connectivity index (χ1v) is 9.87. The van der Waals surface area contributed by atoms with Gasteiger partial charge in [0.2, 0.25) is 5.91 Å². The lowest BCUT2D eigenvalue weighted by Gasteiger charge is -2.35. The molecule has 1 heterocycles. The van der Waals surface area contributed by atoms with Crippen molar-refractivity contribution in [2.75, 3.05) is 6.54 Å². The van der Waals surface area contributed by atoms with Crippen LogP contribution in [0.1, 0.15) is 81.1 Å². The Labute approximate surface area is 158 Å². The number of carbonyl (C=O) groups is 3. The molecule has 1 aliphatic carbocycles. The molecule has 2 fully saturated rings. The number of nitrogens with one attached hydrogen (secondary N) is 1. The van der Waals surface area contributed by atoms with Gasteiger partial charge < -0.3 is 10.2 Å². The van der Waals surface area contributed by atoms with Crippen molar-refractivity contribution in [1.82, 2.24) is 10.2 Å². The number of hydrogen-bond donors (Lipinski definition) is 1. The van der Waals surface area contributed by atoms with Crippen molar-refractivity contribution in [3.05, 3.63) is 0 Å². The van der Waals surface area contributed by atoms with Crippen LogP contribution in [-0.2, 0) is 14.4 Å². The van der Waals surface area contributed by atoms with E-state index in [0.717, 1.165) is 6.42 Å². The Hall–Kier alpha value is -1.46. The van der Waals surface area contributed by atoms with E-state index in [9.17, 15) is 18.8 Å². The van der Waals surface area contributed by atoms with Crippen LogP contribution >= 0.6 is 0 Å². The third-order valence-electron chi connectivity index (χ3n) is 4.49. The molecule has 2 aliphatic rings. The van der Waals surface area contributed by atoms with E-state index in [1.807, 2.05) is 48.5 Å². The van der Waals surface area contributed by atoms with Crippen molar-refractivity contribution >= 4 is 17.6 Å². The maximum atomic E-state index is 13.9. The van der Waals surface area contributed by atoms with E-state index >= 15 is 0 Å². The highest BCUT2D eigenvalue weighted by atomic mass is 19.1. The predicted octanol–water partition coefficient (Wildman–Crippen LogP) is 3.65. The molecular formula is C20H37FN2O3. The molecule has 0 radical (unpaired) electrons. The summed E-state index contributed by atoms with van der Waals surface area (Å²) < 4.78 is 13.9. The van der Waals surface area contributed by atoms with Gasteiger partial charge in [0.05, 0.1) is 6.04 Å². The van der Waals surface area contributed by atoms with Gasteiger partial charge in [0.1, 0.15) is 6.04 Å². The molecule has 26 heavy (non-hydrogen) atoms. The summed E-state index contributed by atoms with van der Waals surface area (Å²) in [5.74, 6) is -1.05. The Morgan fingerprint density at radius 3 is 2.00 bits per heavy atom. The zero-order chi connectivity index (χ0) is 20.7. The molecule has 1 aliphatic heterocycles. The number of carbonyl (C=O) groups excluding carboxylic acids is 3. The summed E-state index contributed by atoms with van der Waals surface area (Å²) in [6, 6.07) is -1.25. The summed E-state index contributed by atoms with van der Waals surface area (Å²) >= 11 is 0. The number of ketones is 1. The van der Waals surface area contributed by atoms with Gasteiger partial charge >= 0.3 is 0 Å². The molecule has 2 unspecified atom stereocenters. The molecule has 2 atom stereocenters. The number of alkyl halides is 1. The van der Waals surface area contributed by atoms with Crippen LogP contribution in [0.5, 0.6) is 0 Å². The highest BCUT2D eigenvalue weighted by molar-refractivity contribution is 5.95. The maximum Gasteiger partial charge on any atom is 0.258 e. The van der Waals surface area contributed by atoms with Crippen LogP contribution in [0.4, 0.5) is 4.39 Å². The van der Waals surface area contributed by atoms with Crippen LogP contribution in [0.3, 0.4) is 0 Å². The van der Waals surface area contributed by atoms with Gasteiger partial charge in [0.15, 0.2) is 11.5 Å². The van der Waals surface area contributed by atoms with Crippen LogP contribution in [0.15, 0.2) is 0 Å². The van der Waals surface area contributed by atoms with Crippen molar-refractivity contribution in [2.45, 2.75) is 98.8 Å². The predicted molar refractivity (Wildman–Crippen MR) is 103 cm³/mol. The van der Waals surface area contributed by atoms with Gasteiger partial charge in [-0.2, -0.15) is 0 Å². The normalized spacial score (nSPS) is 21.4. The second-order valence-corrected chi connectivity index (χ2v) is 7.54. The molecule has 0 aromatic heterocycles. The number of amides is 2. The van der Waals surface area contributed by atoms with Gasteiger partial charge in [0.25, 0.3) is 5.91 Å². The summed E-state index contributed by atoms with van der Waals surface area (Å²) in [7, 11) is 0. The highest BCUT2D eigenvalue weighted by Gasteiger charge is 2.53. The summed E-state index contributed by atoms with van der Waals surface area (Å²) in [6.07, 6.45) is 1.85. The fourth-order valence-electron chi connectivity index (χ4n) is 2.86. The van der Waals surface area contributed by atoms with Crippen LogP contribution in [0.2, 0.25) is 0 Å². The molecule has 2 amide bonds. The Kier molecular flexibility index (Phi) is 9.46. The van der Waals surface area contributed by atoms with E-state index in [2.05, 4.69) is 5.32 Å². The third kappa shape index (κ3) is 6.06. The number of hydrogen-bond acceptors (Lipinski definition) is 3. The summed E-state index contributed by atoms with van der Waals surface area (Å²) in [6.45, 7) is 15.5. The molecule has 0 bridgehead atoms. The first kappa shape index (κ1) is 24.5. The topological polar surface area (TPSA) is 66.5 Å². The fraction of sp³-hybridized carbons (Fsp3) is 0.850. The standard InChI is InChI=1S/C16H25FN2O3.2C2H6/c1-10(20)11-6-5-9-19(11)13(21)12(15(2,3)4)18-14(22)16(17)7-8-16;2*1-2/h11-12H,5-9H2,1-4H3,(H,18,22);2*1-2H3. The van der Waals surface area contributed by atoms with Crippen molar-refractivity contribution in [2.24, 2.45) is 5.41 Å². The second-order valence-electron chi connectivity index (χ2n) is 7.54. The van der Waals surface area contributed by atoms with Crippen molar-refractivity contribution < 1.29 is 18.8 Å². The van der Waals surface area contributed by atoms with Crippen molar-refractivity contribution in [1.29, 1.82) is 0 Å². The molecule has 1 saturated carbocycles. The van der Waals surface area contributed by atoms with Crippen LogP contribution in [-0.4, -0.2) is 46.8 Å². The minimum Gasteiger partial charge on any atom is -0.341 e. The number of likely N-dealkylation sites (tertiary alicyclic amines) is 1. The monoisotopic (exact) mass is 372 g/mol. The Balaban J connectivity index is 0.00000146. The quantitative estimate of drug-likeness (QED) is 0.819. The first-order chi connectivity index (χ1) is 12.1. The van der Waals surface area contributed by atoms with Crippen LogP contribution in [0, 0.1) is 5.41 Å². The third-order valence-corrected chi connectivity index (χ3v) is 4.49. The largest absolute Gasteiger partial charge is 0.341 e. The molecule has 0 spiro atoms. The van der Waals surface area contributed by atoms with Gasteiger partial charge in [0, 0.05) is 6.54 Å². The number of nitrogens with zero attached hydrogens (tertiary/aromatic N) is 1. The highest BCUT2D eigenvalue weighted by Crippen LogP contribution is 2.40. The Morgan fingerprint density at radius 1 is 1.12 bits per heavy atom. The van der Waals surface area contributed by atoms with Crippen LogP contribution in [0.25, 0.3) is 0 Å². The lowest BCUT2D eigenvalue weighted by atomic mass is 9.85. The molecule has 5 nitrogen and oxygen atoms in total. The molecular weight excluding hydrogens is 335 g/mol. The first-order valence-electron chi connectivity index (χ1n) is 9.87. The minimum absolute atomic E-state index is 0.0472. The Bertz CT molecular complexity index is 496. The lowest BCUT2D eigenvalue weighted by molar-refractivity contribution is -0.144. The molecule has 0 aromatic rings.